The third-order valence-corrected chi connectivity index (χ3v) is 2.86. The molecule has 0 bridgehead atoms. The highest BCUT2D eigenvalue weighted by Gasteiger charge is 2.30. The van der Waals surface area contributed by atoms with Gasteiger partial charge in [0.15, 0.2) is 0 Å². The number of halogens is 3. The average molecular weight is 280 g/mol. The van der Waals surface area contributed by atoms with Gasteiger partial charge in [-0.1, -0.05) is 30.3 Å². The van der Waals surface area contributed by atoms with Gasteiger partial charge in [-0.2, -0.15) is 13.2 Å². The molecule has 0 spiro atoms. The lowest BCUT2D eigenvalue weighted by Crippen LogP contribution is -2.05. The fraction of sp³-hybridized carbons (Fsp3) is 0.133. The topological polar surface area (TPSA) is 26.3 Å². The molecule has 0 aromatic heterocycles. The van der Waals surface area contributed by atoms with Crippen LogP contribution < -0.4 is 0 Å². The van der Waals surface area contributed by atoms with Gasteiger partial charge in [0.2, 0.25) is 0 Å². The zero-order valence-electron chi connectivity index (χ0n) is 10.6. The van der Waals surface area contributed by atoms with E-state index < -0.39 is 17.7 Å². The maximum atomic E-state index is 12.5. The second kappa shape index (κ2) is 5.36. The summed E-state index contributed by atoms with van der Waals surface area (Å²) in [6, 6.07) is 11.3. The smallest absolute Gasteiger partial charge is 0.416 e. The minimum absolute atomic E-state index is 0.315. The maximum Gasteiger partial charge on any atom is 0.416 e. The van der Waals surface area contributed by atoms with Gasteiger partial charge in [-0.3, -0.25) is 0 Å². The highest BCUT2D eigenvalue weighted by atomic mass is 19.4. The summed E-state index contributed by atoms with van der Waals surface area (Å²) in [6.45, 7) is 0. The van der Waals surface area contributed by atoms with Crippen LogP contribution in [-0.2, 0) is 10.9 Å². The summed E-state index contributed by atoms with van der Waals surface area (Å²) in [5.41, 5.74) is 0.652. The van der Waals surface area contributed by atoms with Gasteiger partial charge in [0.1, 0.15) is 0 Å². The Balaban J connectivity index is 2.45. The van der Waals surface area contributed by atoms with E-state index in [1.54, 1.807) is 24.3 Å². The lowest BCUT2D eigenvalue weighted by atomic mass is 9.98. The second-order valence-electron chi connectivity index (χ2n) is 4.11. The predicted molar refractivity (Wildman–Crippen MR) is 68.2 cm³/mol. The van der Waals surface area contributed by atoms with Crippen LogP contribution in [-0.4, -0.2) is 13.1 Å². The van der Waals surface area contributed by atoms with Crippen molar-refractivity contribution >= 4 is 5.97 Å². The van der Waals surface area contributed by atoms with Crippen molar-refractivity contribution in [1.82, 2.24) is 0 Å². The molecule has 0 radical (unpaired) electrons. The molecular weight excluding hydrogens is 269 g/mol. The van der Waals surface area contributed by atoms with Crippen LogP contribution in [0.15, 0.2) is 48.5 Å². The molecule has 2 rings (SSSR count). The fourth-order valence-corrected chi connectivity index (χ4v) is 1.86. The van der Waals surface area contributed by atoms with Gasteiger partial charge in [-0.15, -0.1) is 0 Å². The van der Waals surface area contributed by atoms with Crippen molar-refractivity contribution in [3.63, 3.8) is 0 Å². The summed E-state index contributed by atoms with van der Waals surface area (Å²) in [7, 11) is 1.26. The van der Waals surface area contributed by atoms with Crippen molar-refractivity contribution in [2.24, 2.45) is 0 Å². The number of hydrogen-bond donors (Lipinski definition) is 0. The average Bonchev–Trinajstić information content (AvgIpc) is 2.45. The molecule has 0 saturated carbocycles. The molecule has 5 heteroatoms. The Hall–Kier alpha value is -2.30. The van der Waals surface area contributed by atoms with Crippen molar-refractivity contribution in [3.05, 3.63) is 59.7 Å². The predicted octanol–water partition coefficient (Wildman–Crippen LogP) is 4.16. The largest absolute Gasteiger partial charge is 0.465 e. The highest BCUT2D eigenvalue weighted by molar-refractivity contribution is 5.97. The van der Waals surface area contributed by atoms with Crippen LogP contribution >= 0.6 is 0 Å². The number of alkyl halides is 3. The first-order chi connectivity index (χ1) is 9.43. The normalized spacial score (nSPS) is 11.2. The summed E-state index contributed by atoms with van der Waals surface area (Å²) in [6.07, 6.45) is -4.37. The van der Waals surface area contributed by atoms with E-state index in [4.69, 9.17) is 0 Å². The summed E-state index contributed by atoms with van der Waals surface area (Å²) in [5.74, 6) is -0.527. The minimum Gasteiger partial charge on any atom is -0.465 e. The van der Waals surface area contributed by atoms with Crippen molar-refractivity contribution in [3.8, 4) is 11.1 Å². The molecule has 0 fully saturated rings. The second-order valence-corrected chi connectivity index (χ2v) is 4.11. The van der Waals surface area contributed by atoms with Crippen LogP contribution in [0.3, 0.4) is 0 Å². The Kier molecular flexibility index (Phi) is 3.79. The summed E-state index contributed by atoms with van der Waals surface area (Å²) < 4.78 is 42.2. The highest BCUT2D eigenvalue weighted by Crippen LogP contribution is 2.31. The lowest BCUT2D eigenvalue weighted by Gasteiger charge is -2.10. The van der Waals surface area contributed by atoms with Gasteiger partial charge >= 0.3 is 12.1 Å². The molecule has 0 unspecified atom stereocenters. The van der Waals surface area contributed by atoms with Gasteiger partial charge in [0.25, 0.3) is 0 Å². The molecule has 0 N–H and O–H groups in total. The minimum atomic E-state index is -4.37. The fourth-order valence-electron chi connectivity index (χ4n) is 1.86. The van der Waals surface area contributed by atoms with E-state index in [2.05, 4.69) is 4.74 Å². The zero-order chi connectivity index (χ0) is 14.8. The van der Waals surface area contributed by atoms with E-state index in [0.29, 0.717) is 16.7 Å². The van der Waals surface area contributed by atoms with Crippen LogP contribution in [0.4, 0.5) is 13.2 Å². The van der Waals surface area contributed by atoms with E-state index in [1.807, 2.05) is 0 Å². The third-order valence-electron chi connectivity index (χ3n) is 2.86. The molecule has 0 heterocycles. The van der Waals surface area contributed by atoms with Crippen LogP contribution in [0.25, 0.3) is 11.1 Å². The van der Waals surface area contributed by atoms with E-state index in [9.17, 15) is 18.0 Å². The Labute approximate surface area is 113 Å². The van der Waals surface area contributed by atoms with Gasteiger partial charge in [0, 0.05) is 0 Å². The van der Waals surface area contributed by atoms with Crippen LogP contribution in [0, 0.1) is 0 Å². The molecular formula is C15H11F3O2. The lowest BCUT2D eigenvalue weighted by molar-refractivity contribution is -0.137. The van der Waals surface area contributed by atoms with Crippen molar-refractivity contribution < 1.29 is 22.7 Å². The van der Waals surface area contributed by atoms with Gasteiger partial charge in [0.05, 0.1) is 18.2 Å². The SMILES string of the molecule is COC(=O)c1ccccc1-c1ccc(C(F)(F)F)cc1. The molecule has 2 nitrogen and oxygen atoms in total. The standard InChI is InChI=1S/C15H11F3O2/c1-20-14(19)13-5-3-2-4-12(13)10-6-8-11(9-7-10)15(16,17)18/h2-9H,1H3. The Morgan fingerprint density at radius 3 is 2.15 bits per heavy atom. The molecule has 2 aromatic carbocycles. The molecule has 104 valence electrons. The number of carbonyl (C=O) groups is 1. The summed E-state index contributed by atoms with van der Waals surface area (Å²) in [5, 5.41) is 0. The number of rotatable bonds is 2. The molecule has 0 amide bonds. The monoisotopic (exact) mass is 280 g/mol. The van der Waals surface area contributed by atoms with Gasteiger partial charge in [-0.25, -0.2) is 4.79 Å². The molecule has 0 aliphatic heterocycles. The van der Waals surface area contributed by atoms with Crippen molar-refractivity contribution in [2.45, 2.75) is 6.18 Å². The molecule has 0 aliphatic rings. The molecule has 0 saturated heterocycles. The Morgan fingerprint density at radius 2 is 1.60 bits per heavy atom. The van der Waals surface area contributed by atoms with Crippen LogP contribution in [0.5, 0.6) is 0 Å². The number of carbonyl (C=O) groups excluding carboxylic acids is 1. The quantitative estimate of drug-likeness (QED) is 0.772. The molecule has 2 aromatic rings. The van der Waals surface area contributed by atoms with E-state index in [1.165, 1.54) is 19.2 Å². The number of hydrogen-bond acceptors (Lipinski definition) is 2. The zero-order valence-corrected chi connectivity index (χ0v) is 10.6. The number of methoxy groups -OCH3 is 1. The van der Waals surface area contributed by atoms with Crippen LogP contribution in [0.2, 0.25) is 0 Å². The van der Waals surface area contributed by atoms with Crippen molar-refractivity contribution in [2.75, 3.05) is 7.11 Å². The van der Waals surface area contributed by atoms with E-state index >= 15 is 0 Å². The molecule has 20 heavy (non-hydrogen) atoms. The van der Waals surface area contributed by atoms with Crippen LogP contribution in [0.1, 0.15) is 15.9 Å². The first-order valence-electron chi connectivity index (χ1n) is 5.78. The first-order valence-corrected chi connectivity index (χ1v) is 5.78. The summed E-state index contributed by atoms with van der Waals surface area (Å²) >= 11 is 0. The number of esters is 1. The molecule has 0 aliphatic carbocycles. The van der Waals surface area contributed by atoms with E-state index in [-0.39, 0.29) is 0 Å². The third kappa shape index (κ3) is 2.82. The Morgan fingerprint density at radius 1 is 1.00 bits per heavy atom. The van der Waals surface area contributed by atoms with E-state index in [0.717, 1.165) is 12.1 Å². The number of benzene rings is 2. The molecule has 0 atom stereocenters. The van der Waals surface area contributed by atoms with Gasteiger partial charge < -0.3 is 4.74 Å². The Bertz CT molecular complexity index is 616. The van der Waals surface area contributed by atoms with Crippen molar-refractivity contribution in [1.29, 1.82) is 0 Å². The summed E-state index contributed by atoms with van der Waals surface area (Å²) in [4.78, 5) is 11.6. The van der Waals surface area contributed by atoms with Gasteiger partial charge in [-0.05, 0) is 29.3 Å². The first kappa shape index (κ1) is 14.1. The number of ether oxygens (including phenoxy) is 1. The maximum absolute atomic E-state index is 12.5.